The van der Waals surface area contributed by atoms with E-state index in [-0.39, 0.29) is 1.43 Å². The molecule has 0 amide bonds. The zero-order chi connectivity index (χ0) is 8.58. The molecule has 0 spiro atoms. The summed E-state index contributed by atoms with van der Waals surface area (Å²) in [5.41, 5.74) is 0. The van der Waals surface area contributed by atoms with Gasteiger partial charge in [0.25, 0.3) is 0 Å². The molecule has 0 aliphatic heterocycles. The number of rotatable bonds is 1. The third-order valence-electron chi connectivity index (χ3n) is 0.593. The highest BCUT2D eigenvalue weighted by Gasteiger charge is 2.65. The zero-order valence-electron chi connectivity index (χ0n) is 5.15. The maximum atomic E-state index is 11.1. The molecule has 0 N–H and O–H groups in total. The molecule has 0 unspecified atom stereocenters. The molecule has 0 aliphatic rings. The van der Waals surface area contributed by atoms with Crippen LogP contribution in [-0.4, -0.2) is 12.1 Å². The van der Waals surface area contributed by atoms with Gasteiger partial charge in [-0.15, -0.1) is 0 Å². The van der Waals surface area contributed by atoms with Crippen molar-refractivity contribution in [3.05, 3.63) is 6.43 Å². The second kappa shape index (κ2) is 2.28. The molecule has 7 heteroatoms. The van der Waals surface area contributed by atoms with Crippen molar-refractivity contribution in [2.24, 2.45) is 0 Å². The van der Waals surface area contributed by atoms with Crippen LogP contribution in [0.15, 0.2) is 0 Å². The van der Waals surface area contributed by atoms with Gasteiger partial charge in [-0.25, -0.2) is 0 Å². The minimum Gasteiger partial charge on any atom is -0.192 e. The van der Waals surface area contributed by atoms with Gasteiger partial charge in [-0.2, -0.15) is 30.7 Å². The largest absolute Gasteiger partial charge is 1.00 e. The lowest BCUT2D eigenvalue weighted by atomic mass is 10.3. The Balaban J connectivity index is 0. The van der Waals surface area contributed by atoms with Crippen molar-refractivity contribution < 1.29 is 32.2 Å². The summed E-state index contributed by atoms with van der Waals surface area (Å²) in [6.45, 7) is 0. The summed E-state index contributed by atoms with van der Waals surface area (Å²) in [4.78, 5) is 0. The van der Waals surface area contributed by atoms with Gasteiger partial charge >= 0.3 is 20.0 Å². The number of alkyl halides is 5. The van der Waals surface area contributed by atoms with E-state index in [2.05, 4.69) is 0 Å². The summed E-state index contributed by atoms with van der Waals surface area (Å²) in [5.74, 6) is -5.98. The molecule has 0 bridgehead atoms. The lowest BCUT2D eigenvalue weighted by molar-refractivity contribution is -0.294. The molecule has 0 saturated carbocycles. The van der Waals surface area contributed by atoms with Crippen LogP contribution in [0.1, 0.15) is 1.43 Å². The number of hydrogen-bond acceptors (Lipinski definition) is 0. The Morgan fingerprint density at radius 3 is 1.20 bits per heavy atom. The Kier molecular flexibility index (Phi) is 2.17. The van der Waals surface area contributed by atoms with Crippen LogP contribution in [-0.2, 0) is 0 Å². The van der Waals surface area contributed by atoms with Crippen LogP contribution in [0.25, 0.3) is 0 Å². The van der Waals surface area contributed by atoms with Crippen LogP contribution >= 0.6 is 0 Å². The highest BCUT2D eigenvalue weighted by atomic mass is 19.4. The van der Waals surface area contributed by atoms with E-state index in [1.807, 2.05) is 0 Å². The van der Waals surface area contributed by atoms with Gasteiger partial charge in [0.15, 0.2) is 0 Å². The minimum atomic E-state index is -6.20. The first-order valence-corrected chi connectivity index (χ1v) is 1.82. The van der Waals surface area contributed by atoms with Crippen LogP contribution in [0.3, 0.4) is 0 Å². The number of hydrogen-bond donors (Lipinski definition) is 0. The van der Waals surface area contributed by atoms with Crippen LogP contribution in [0.2, 0.25) is 0 Å². The SMILES string of the molecule is F[C](F)C(F)(F)C(F)(F)F.[H+]. The average molecular weight is 170 g/mol. The molecule has 61 valence electrons. The molecule has 0 nitrogen and oxygen atoms in total. The Labute approximate surface area is 52.1 Å². The first-order valence-electron chi connectivity index (χ1n) is 1.82. The molecule has 0 rings (SSSR count). The smallest absolute Gasteiger partial charge is 0.192 e. The van der Waals surface area contributed by atoms with Crippen LogP contribution in [0.4, 0.5) is 30.7 Å². The third kappa shape index (κ3) is 1.51. The van der Waals surface area contributed by atoms with E-state index in [4.69, 9.17) is 0 Å². The molecule has 0 aromatic carbocycles. The molecular weight excluding hydrogens is 169 g/mol. The van der Waals surface area contributed by atoms with Gasteiger partial charge < -0.3 is 0 Å². The normalized spacial score (nSPS) is 14.4. The van der Waals surface area contributed by atoms with Crippen LogP contribution < -0.4 is 0 Å². The Morgan fingerprint density at radius 1 is 0.900 bits per heavy atom. The van der Waals surface area contributed by atoms with Gasteiger partial charge in [-0.1, -0.05) is 0 Å². The molecule has 10 heavy (non-hydrogen) atoms. The summed E-state index contributed by atoms with van der Waals surface area (Å²) >= 11 is 0. The van der Waals surface area contributed by atoms with Crippen molar-refractivity contribution in [1.82, 2.24) is 0 Å². The molecule has 1 radical (unpaired) electrons. The van der Waals surface area contributed by atoms with E-state index in [0.29, 0.717) is 0 Å². The lowest BCUT2D eigenvalue weighted by Gasteiger charge is -2.16. The minimum absolute atomic E-state index is 0. The molecule has 0 heterocycles. The fourth-order valence-electron chi connectivity index (χ4n) is 0.107. The molecule has 0 aliphatic carbocycles. The summed E-state index contributed by atoms with van der Waals surface area (Å²) in [5, 5.41) is 0. The second-order valence-electron chi connectivity index (χ2n) is 1.33. The van der Waals surface area contributed by atoms with Gasteiger partial charge in [-0.3, -0.25) is 0 Å². The van der Waals surface area contributed by atoms with Crippen molar-refractivity contribution >= 4 is 0 Å². The van der Waals surface area contributed by atoms with Crippen LogP contribution in [0, 0.1) is 6.43 Å². The molecular formula is C3HF7+. The van der Waals surface area contributed by atoms with Gasteiger partial charge in [0.1, 0.15) is 0 Å². The van der Waals surface area contributed by atoms with E-state index in [9.17, 15) is 30.7 Å². The Morgan fingerprint density at radius 2 is 1.20 bits per heavy atom. The molecule has 0 saturated heterocycles. The van der Waals surface area contributed by atoms with Crippen molar-refractivity contribution in [1.29, 1.82) is 0 Å². The van der Waals surface area contributed by atoms with Gasteiger partial charge in [-0.05, 0) is 0 Å². The molecule has 0 atom stereocenters. The fourth-order valence-corrected chi connectivity index (χ4v) is 0.107. The van der Waals surface area contributed by atoms with Crippen molar-refractivity contribution in [2.45, 2.75) is 12.1 Å². The van der Waals surface area contributed by atoms with Gasteiger partial charge in [0, 0.05) is 0 Å². The summed E-state index contributed by atoms with van der Waals surface area (Å²) < 4.78 is 76.3. The number of halogens is 7. The summed E-state index contributed by atoms with van der Waals surface area (Å²) in [6.07, 6.45) is -10.1. The zero-order valence-corrected chi connectivity index (χ0v) is 4.15. The Bertz CT molecular complexity index is 115. The average Bonchev–Trinajstić information content (AvgIpc) is 1.62. The maximum absolute atomic E-state index is 11.1. The van der Waals surface area contributed by atoms with Crippen molar-refractivity contribution in [2.75, 3.05) is 0 Å². The lowest BCUT2D eigenvalue weighted by Crippen LogP contribution is -2.39. The predicted molar refractivity (Wildman–Crippen MR) is 17.6 cm³/mol. The fraction of sp³-hybridized carbons (Fsp3) is 0.667. The quantitative estimate of drug-likeness (QED) is 0.530. The molecule has 0 aromatic heterocycles. The summed E-state index contributed by atoms with van der Waals surface area (Å²) in [7, 11) is 0. The van der Waals surface area contributed by atoms with Crippen molar-refractivity contribution in [3.8, 4) is 0 Å². The monoisotopic (exact) mass is 170 g/mol. The summed E-state index contributed by atoms with van der Waals surface area (Å²) in [6, 6.07) is 0. The first-order chi connectivity index (χ1) is 4.19. The Hall–Kier alpha value is -0.490. The van der Waals surface area contributed by atoms with E-state index < -0.39 is 18.5 Å². The van der Waals surface area contributed by atoms with E-state index >= 15 is 0 Å². The predicted octanol–water partition coefficient (Wildman–Crippen LogP) is 2.72. The molecule has 0 fully saturated rings. The van der Waals surface area contributed by atoms with Crippen molar-refractivity contribution in [3.63, 3.8) is 0 Å². The van der Waals surface area contributed by atoms with E-state index in [1.54, 1.807) is 0 Å². The first kappa shape index (κ1) is 9.51. The van der Waals surface area contributed by atoms with Gasteiger partial charge in [0.05, 0.1) is 0 Å². The maximum Gasteiger partial charge on any atom is 1.00 e. The highest BCUT2D eigenvalue weighted by molar-refractivity contribution is 4.89. The highest BCUT2D eigenvalue weighted by Crippen LogP contribution is 2.43. The van der Waals surface area contributed by atoms with E-state index in [0.717, 1.165) is 0 Å². The van der Waals surface area contributed by atoms with Gasteiger partial charge in [0.2, 0.25) is 0 Å². The van der Waals surface area contributed by atoms with Crippen LogP contribution in [0.5, 0.6) is 0 Å². The topological polar surface area (TPSA) is 0 Å². The second-order valence-corrected chi connectivity index (χ2v) is 1.33. The van der Waals surface area contributed by atoms with E-state index in [1.165, 1.54) is 0 Å². The standard InChI is InChI=1S/C3F7/c4-1(5)2(6,7)3(8,9)10/p+1. The third-order valence-corrected chi connectivity index (χ3v) is 0.593. The molecule has 0 aromatic rings.